The summed E-state index contributed by atoms with van der Waals surface area (Å²) >= 11 is 0. The number of hydrogen-bond donors (Lipinski definition) is 1. The monoisotopic (exact) mass is 232 g/mol. The van der Waals surface area contributed by atoms with E-state index in [1.807, 2.05) is 29.2 Å². The molecule has 1 aliphatic heterocycles. The molecule has 3 heteroatoms. The first-order chi connectivity index (χ1) is 8.31. The van der Waals surface area contributed by atoms with Crippen molar-refractivity contribution in [1.29, 1.82) is 0 Å². The maximum Gasteiger partial charge on any atom is 0.253 e. The first-order valence-corrected chi connectivity index (χ1v) is 6.39. The van der Waals surface area contributed by atoms with Gasteiger partial charge in [-0.1, -0.05) is 25.0 Å². The fraction of sp³-hybridized carbons (Fsp3) is 0.500. The highest BCUT2D eigenvalue weighted by Crippen LogP contribution is 2.13. The molecule has 0 bridgehead atoms. The van der Waals surface area contributed by atoms with E-state index in [9.17, 15) is 4.79 Å². The quantitative estimate of drug-likeness (QED) is 0.849. The summed E-state index contributed by atoms with van der Waals surface area (Å²) in [6.07, 6.45) is 4.75. The van der Waals surface area contributed by atoms with Gasteiger partial charge in [0.15, 0.2) is 0 Å². The molecule has 0 aromatic heterocycles. The van der Waals surface area contributed by atoms with Gasteiger partial charge in [-0.15, -0.1) is 0 Å². The molecule has 17 heavy (non-hydrogen) atoms. The molecule has 0 unspecified atom stereocenters. The molecule has 0 saturated carbocycles. The van der Waals surface area contributed by atoms with Crippen molar-refractivity contribution in [2.45, 2.75) is 32.2 Å². The van der Waals surface area contributed by atoms with Crippen molar-refractivity contribution in [3.05, 3.63) is 35.4 Å². The molecular weight excluding hydrogens is 212 g/mol. The molecule has 1 heterocycles. The number of hydrogen-bond acceptors (Lipinski definition) is 2. The van der Waals surface area contributed by atoms with Crippen LogP contribution in [0.25, 0.3) is 0 Å². The van der Waals surface area contributed by atoms with E-state index in [-0.39, 0.29) is 5.91 Å². The molecule has 0 atom stereocenters. The van der Waals surface area contributed by atoms with Crippen LogP contribution in [-0.4, -0.2) is 23.9 Å². The zero-order valence-corrected chi connectivity index (χ0v) is 10.2. The fourth-order valence-corrected chi connectivity index (χ4v) is 2.24. The van der Waals surface area contributed by atoms with Crippen molar-refractivity contribution in [2.75, 3.05) is 13.1 Å². The number of nitrogens with zero attached hydrogens (tertiary/aromatic N) is 1. The minimum absolute atomic E-state index is 0.162. The second-order valence-corrected chi connectivity index (χ2v) is 4.61. The summed E-state index contributed by atoms with van der Waals surface area (Å²) in [4.78, 5) is 14.2. The second-order valence-electron chi connectivity index (χ2n) is 4.61. The Balaban J connectivity index is 2.06. The van der Waals surface area contributed by atoms with Gasteiger partial charge in [-0.2, -0.15) is 0 Å². The highest BCUT2D eigenvalue weighted by molar-refractivity contribution is 5.94. The van der Waals surface area contributed by atoms with Crippen molar-refractivity contribution >= 4 is 5.91 Å². The molecule has 1 saturated heterocycles. The Hall–Kier alpha value is -1.35. The number of amides is 1. The van der Waals surface area contributed by atoms with Gasteiger partial charge in [0, 0.05) is 25.2 Å². The van der Waals surface area contributed by atoms with Crippen molar-refractivity contribution in [1.82, 2.24) is 4.90 Å². The topological polar surface area (TPSA) is 46.3 Å². The average Bonchev–Trinajstić information content (AvgIpc) is 2.67. The second kappa shape index (κ2) is 5.82. The maximum absolute atomic E-state index is 12.2. The molecule has 92 valence electrons. The fourth-order valence-electron chi connectivity index (χ4n) is 2.24. The van der Waals surface area contributed by atoms with E-state index in [4.69, 9.17) is 5.73 Å². The van der Waals surface area contributed by atoms with Gasteiger partial charge in [-0.05, 0) is 30.5 Å². The summed E-state index contributed by atoms with van der Waals surface area (Å²) in [6, 6.07) is 7.64. The maximum atomic E-state index is 12.2. The van der Waals surface area contributed by atoms with E-state index < -0.39 is 0 Å². The number of carbonyl (C=O) groups is 1. The van der Waals surface area contributed by atoms with Crippen LogP contribution in [0.4, 0.5) is 0 Å². The van der Waals surface area contributed by atoms with Gasteiger partial charge >= 0.3 is 0 Å². The predicted octanol–water partition coefficient (Wildman–Crippen LogP) is 2.16. The summed E-state index contributed by atoms with van der Waals surface area (Å²) in [5, 5.41) is 0. The molecule has 0 radical (unpaired) electrons. The summed E-state index contributed by atoms with van der Waals surface area (Å²) in [5.41, 5.74) is 7.39. The van der Waals surface area contributed by atoms with Crippen molar-refractivity contribution in [3.8, 4) is 0 Å². The Morgan fingerprint density at radius 3 is 2.18 bits per heavy atom. The van der Waals surface area contributed by atoms with Crippen LogP contribution in [0.1, 0.15) is 41.6 Å². The largest absolute Gasteiger partial charge is 0.339 e. The number of benzene rings is 1. The zero-order chi connectivity index (χ0) is 12.1. The Morgan fingerprint density at radius 1 is 1.06 bits per heavy atom. The molecule has 2 rings (SSSR count). The number of likely N-dealkylation sites (tertiary alicyclic amines) is 1. The summed E-state index contributed by atoms with van der Waals surface area (Å²) in [5.74, 6) is 0.162. The van der Waals surface area contributed by atoms with Crippen LogP contribution < -0.4 is 5.73 Å². The Morgan fingerprint density at radius 2 is 1.65 bits per heavy atom. The van der Waals surface area contributed by atoms with E-state index in [1.165, 1.54) is 12.8 Å². The van der Waals surface area contributed by atoms with Crippen LogP contribution in [0.15, 0.2) is 24.3 Å². The summed E-state index contributed by atoms with van der Waals surface area (Å²) < 4.78 is 0. The molecule has 1 aromatic rings. The van der Waals surface area contributed by atoms with Crippen LogP contribution >= 0.6 is 0 Å². The van der Waals surface area contributed by atoms with Gasteiger partial charge in [0.25, 0.3) is 5.91 Å². The molecule has 2 N–H and O–H groups in total. The highest BCUT2D eigenvalue weighted by Gasteiger charge is 2.16. The average molecular weight is 232 g/mol. The lowest BCUT2D eigenvalue weighted by atomic mass is 10.1. The van der Waals surface area contributed by atoms with Gasteiger partial charge in [-0.25, -0.2) is 0 Å². The van der Waals surface area contributed by atoms with Crippen molar-refractivity contribution < 1.29 is 4.79 Å². The first-order valence-electron chi connectivity index (χ1n) is 6.39. The Bertz CT molecular complexity index is 364. The van der Waals surface area contributed by atoms with Gasteiger partial charge in [0.05, 0.1) is 0 Å². The van der Waals surface area contributed by atoms with Crippen LogP contribution in [0.2, 0.25) is 0 Å². The molecule has 0 aliphatic carbocycles. The van der Waals surface area contributed by atoms with E-state index in [0.717, 1.165) is 37.1 Å². The van der Waals surface area contributed by atoms with Gasteiger partial charge in [0.2, 0.25) is 0 Å². The molecule has 1 aromatic carbocycles. The van der Waals surface area contributed by atoms with Gasteiger partial charge in [0.1, 0.15) is 0 Å². The number of carbonyl (C=O) groups excluding carboxylic acids is 1. The smallest absolute Gasteiger partial charge is 0.253 e. The van der Waals surface area contributed by atoms with E-state index in [0.29, 0.717) is 6.54 Å². The molecule has 1 amide bonds. The molecule has 0 spiro atoms. The van der Waals surface area contributed by atoms with E-state index in [2.05, 4.69) is 0 Å². The van der Waals surface area contributed by atoms with Gasteiger partial charge < -0.3 is 10.6 Å². The van der Waals surface area contributed by atoms with Crippen LogP contribution in [0.5, 0.6) is 0 Å². The van der Waals surface area contributed by atoms with Crippen LogP contribution in [-0.2, 0) is 6.54 Å². The van der Waals surface area contributed by atoms with Crippen molar-refractivity contribution in [2.24, 2.45) is 5.73 Å². The van der Waals surface area contributed by atoms with Crippen LogP contribution in [0, 0.1) is 0 Å². The third kappa shape index (κ3) is 3.07. The lowest BCUT2D eigenvalue weighted by Crippen LogP contribution is -2.31. The SMILES string of the molecule is NCc1ccc(C(=O)N2CCCCCC2)cc1. The highest BCUT2D eigenvalue weighted by atomic mass is 16.2. The number of nitrogens with two attached hydrogens (primary N) is 1. The lowest BCUT2D eigenvalue weighted by molar-refractivity contribution is 0.0761. The third-order valence-electron chi connectivity index (χ3n) is 3.33. The van der Waals surface area contributed by atoms with E-state index in [1.54, 1.807) is 0 Å². The van der Waals surface area contributed by atoms with E-state index >= 15 is 0 Å². The molecule has 1 fully saturated rings. The minimum atomic E-state index is 0.162. The normalized spacial score (nSPS) is 16.6. The first kappa shape index (κ1) is 12.1. The minimum Gasteiger partial charge on any atom is -0.339 e. The lowest BCUT2D eigenvalue weighted by Gasteiger charge is -2.20. The summed E-state index contributed by atoms with van der Waals surface area (Å²) in [7, 11) is 0. The zero-order valence-electron chi connectivity index (χ0n) is 10.2. The molecular formula is C14H20N2O. The molecule has 3 nitrogen and oxygen atoms in total. The van der Waals surface area contributed by atoms with Crippen molar-refractivity contribution in [3.63, 3.8) is 0 Å². The Labute approximate surface area is 103 Å². The Kier molecular flexibility index (Phi) is 4.15. The predicted molar refractivity (Wildman–Crippen MR) is 68.7 cm³/mol. The standard InChI is InChI=1S/C14H20N2O/c15-11-12-5-7-13(8-6-12)14(17)16-9-3-1-2-4-10-16/h5-8H,1-4,9-11,15H2. The van der Waals surface area contributed by atoms with Crippen LogP contribution in [0.3, 0.4) is 0 Å². The van der Waals surface area contributed by atoms with Gasteiger partial charge in [-0.3, -0.25) is 4.79 Å². The third-order valence-corrected chi connectivity index (χ3v) is 3.33. The summed E-state index contributed by atoms with van der Waals surface area (Å²) in [6.45, 7) is 2.33. The number of rotatable bonds is 2. The molecule has 1 aliphatic rings.